The number of hydrogen-bond donors (Lipinski definition) is 2. The standard InChI is InChI=1S/C11H13NO5/c13-9-5-8(6-10(14)7-9)11(15)17-12-1-3-16-4-2-12/h5-7,13-14H,1-4H2. The highest BCUT2D eigenvalue weighted by Crippen LogP contribution is 2.21. The van der Waals surface area contributed by atoms with E-state index in [2.05, 4.69) is 0 Å². The Kier molecular flexibility index (Phi) is 3.46. The summed E-state index contributed by atoms with van der Waals surface area (Å²) in [6.07, 6.45) is 0. The van der Waals surface area contributed by atoms with Crippen molar-refractivity contribution in [2.45, 2.75) is 0 Å². The summed E-state index contributed by atoms with van der Waals surface area (Å²) in [6, 6.07) is 3.62. The predicted molar refractivity (Wildman–Crippen MR) is 57.6 cm³/mol. The smallest absolute Gasteiger partial charge is 0.357 e. The Morgan fingerprint density at radius 3 is 2.35 bits per heavy atom. The van der Waals surface area contributed by atoms with Gasteiger partial charge >= 0.3 is 5.97 Å². The molecule has 1 saturated heterocycles. The van der Waals surface area contributed by atoms with Gasteiger partial charge in [0.1, 0.15) is 11.5 Å². The molecule has 2 rings (SSSR count). The second kappa shape index (κ2) is 5.03. The molecular weight excluding hydrogens is 226 g/mol. The van der Waals surface area contributed by atoms with Crippen LogP contribution in [-0.2, 0) is 9.57 Å². The normalized spacial score (nSPS) is 16.7. The zero-order valence-electron chi connectivity index (χ0n) is 9.13. The molecule has 0 aliphatic carbocycles. The second-order valence-corrected chi connectivity index (χ2v) is 3.66. The number of hydrogen-bond acceptors (Lipinski definition) is 6. The van der Waals surface area contributed by atoms with Gasteiger partial charge in [-0.15, -0.1) is 5.06 Å². The molecule has 1 aliphatic heterocycles. The van der Waals surface area contributed by atoms with Crippen LogP contribution in [0.25, 0.3) is 0 Å². The van der Waals surface area contributed by atoms with E-state index in [1.165, 1.54) is 17.2 Å². The van der Waals surface area contributed by atoms with Gasteiger partial charge in [0.05, 0.1) is 31.9 Å². The molecule has 0 saturated carbocycles. The van der Waals surface area contributed by atoms with E-state index in [0.29, 0.717) is 26.3 Å². The van der Waals surface area contributed by atoms with Crippen LogP contribution in [0.2, 0.25) is 0 Å². The molecule has 1 fully saturated rings. The van der Waals surface area contributed by atoms with Crippen molar-refractivity contribution >= 4 is 5.97 Å². The van der Waals surface area contributed by atoms with Gasteiger partial charge in [-0.05, 0) is 12.1 Å². The topological polar surface area (TPSA) is 79.2 Å². The summed E-state index contributed by atoms with van der Waals surface area (Å²) in [5.41, 5.74) is 0.106. The molecule has 6 heteroatoms. The highest BCUT2D eigenvalue weighted by Gasteiger charge is 2.17. The minimum Gasteiger partial charge on any atom is -0.508 e. The molecule has 0 radical (unpaired) electrons. The predicted octanol–water partition coefficient (Wildman–Crippen LogP) is 0.502. The number of hydroxylamine groups is 2. The van der Waals surface area contributed by atoms with Crippen molar-refractivity contribution in [1.29, 1.82) is 0 Å². The van der Waals surface area contributed by atoms with Crippen molar-refractivity contribution in [1.82, 2.24) is 5.06 Å². The zero-order valence-corrected chi connectivity index (χ0v) is 9.13. The Hall–Kier alpha value is -1.79. The molecule has 6 nitrogen and oxygen atoms in total. The third-order valence-electron chi connectivity index (χ3n) is 2.32. The van der Waals surface area contributed by atoms with E-state index in [0.717, 1.165) is 6.07 Å². The summed E-state index contributed by atoms with van der Waals surface area (Å²) in [7, 11) is 0. The fourth-order valence-electron chi connectivity index (χ4n) is 1.52. The van der Waals surface area contributed by atoms with Crippen molar-refractivity contribution in [3.63, 3.8) is 0 Å². The summed E-state index contributed by atoms with van der Waals surface area (Å²) < 4.78 is 5.11. The van der Waals surface area contributed by atoms with Gasteiger partial charge in [0.25, 0.3) is 0 Å². The van der Waals surface area contributed by atoms with Crippen molar-refractivity contribution in [3.05, 3.63) is 23.8 Å². The first-order valence-corrected chi connectivity index (χ1v) is 5.23. The first-order valence-electron chi connectivity index (χ1n) is 5.23. The van der Waals surface area contributed by atoms with Crippen molar-refractivity contribution in [2.24, 2.45) is 0 Å². The van der Waals surface area contributed by atoms with E-state index in [1.54, 1.807) is 0 Å². The van der Waals surface area contributed by atoms with E-state index >= 15 is 0 Å². The van der Waals surface area contributed by atoms with Crippen LogP contribution in [0, 0.1) is 0 Å². The van der Waals surface area contributed by atoms with E-state index in [9.17, 15) is 15.0 Å². The molecule has 0 spiro atoms. The molecule has 1 aromatic carbocycles. The van der Waals surface area contributed by atoms with Crippen LogP contribution in [0.1, 0.15) is 10.4 Å². The molecule has 1 aliphatic rings. The fourth-order valence-corrected chi connectivity index (χ4v) is 1.52. The number of rotatable bonds is 2. The summed E-state index contributed by atoms with van der Waals surface area (Å²) in [5, 5.41) is 20.0. The third-order valence-corrected chi connectivity index (χ3v) is 2.32. The molecular formula is C11H13NO5. The molecule has 0 atom stereocenters. The number of morpholine rings is 1. The lowest BCUT2D eigenvalue weighted by molar-refractivity contribution is -0.150. The lowest BCUT2D eigenvalue weighted by Crippen LogP contribution is -2.37. The van der Waals surface area contributed by atoms with E-state index in [4.69, 9.17) is 9.57 Å². The van der Waals surface area contributed by atoms with Crippen LogP contribution in [0.3, 0.4) is 0 Å². The first kappa shape index (κ1) is 11.7. The molecule has 0 unspecified atom stereocenters. The maximum absolute atomic E-state index is 11.7. The minimum atomic E-state index is -0.613. The van der Waals surface area contributed by atoms with E-state index in [-0.39, 0.29) is 17.1 Å². The van der Waals surface area contributed by atoms with Crippen LogP contribution in [0.4, 0.5) is 0 Å². The maximum atomic E-state index is 11.7. The SMILES string of the molecule is O=C(ON1CCOCC1)c1cc(O)cc(O)c1. The first-order chi connectivity index (χ1) is 8.15. The number of phenolic OH excluding ortho intramolecular Hbond substituents is 2. The largest absolute Gasteiger partial charge is 0.508 e. The second-order valence-electron chi connectivity index (χ2n) is 3.66. The minimum absolute atomic E-state index is 0.106. The Morgan fingerprint density at radius 1 is 1.18 bits per heavy atom. The van der Waals surface area contributed by atoms with Gasteiger partial charge in [0.2, 0.25) is 0 Å². The van der Waals surface area contributed by atoms with Crippen LogP contribution in [0.15, 0.2) is 18.2 Å². The van der Waals surface area contributed by atoms with Gasteiger partial charge in [-0.3, -0.25) is 0 Å². The molecule has 0 aromatic heterocycles. The quantitative estimate of drug-likeness (QED) is 0.782. The van der Waals surface area contributed by atoms with Gasteiger partial charge in [-0.25, -0.2) is 4.79 Å². The molecule has 1 aromatic rings. The van der Waals surface area contributed by atoms with Gasteiger partial charge in [-0.2, -0.15) is 0 Å². The van der Waals surface area contributed by atoms with Crippen molar-refractivity contribution < 1.29 is 24.6 Å². The van der Waals surface area contributed by atoms with Crippen LogP contribution in [0.5, 0.6) is 11.5 Å². The van der Waals surface area contributed by atoms with Crippen molar-refractivity contribution in [3.8, 4) is 11.5 Å². The Labute approximate surface area is 97.9 Å². The Morgan fingerprint density at radius 2 is 1.76 bits per heavy atom. The van der Waals surface area contributed by atoms with Crippen molar-refractivity contribution in [2.75, 3.05) is 26.3 Å². The lowest BCUT2D eigenvalue weighted by Gasteiger charge is -2.24. The van der Waals surface area contributed by atoms with Crippen LogP contribution >= 0.6 is 0 Å². The average Bonchev–Trinajstić information content (AvgIpc) is 2.29. The van der Waals surface area contributed by atoms with Gasteiger partial charge in [0.15, 0.2) is 0 Å². The molecule has 92 valence electrons. The number of carbonyl (C=O) groups is 1. The molecule has 0 amide bonds. The molecule has 17 heavy (non-hydrogen) atoms. The maximum Gasteiger partial charge on any atom is 0.357 e. The number of aromatic hydroxyl groups is 2. The zero-order chi connectivity index (χ0) is 12.3. The third kappa shape index (κ3) is 3.08. The fraction of sp³-hybridized carbons (Fsp3) is 0.364. The van der Waals surface area contributed by atoms with Gasteiger partial charge in [-0.1, -0.05) is 0 Å². The van der Waals surface area contributed by atoms with E-state index < -0.39 is 5.97 Å². The summed E-state index contributed by atoms with van der Waals surface area (Å²) in [5.74, 6) is -0.976. The number of carbonyl (C=O) groups excluding carboxylic acids is 1. The highest BCUT2D eigenvalue weighted by molar-refractivity contribution is 5.90. The van der Waals surface area contributed by atoms with Gasteiger partial charge in [0, 0.05) is 6.07 Å². The number of ether oxygens (including phenoxy) is 1. The van der Waals surface area contributed by atoms with Gasteiger partial charge < -0.3 is 19.8 Å². The summed E-state index contributed by atoms with van der Waals surface area (Å²) in [6.45, 7) is 2.05. The average molecular weight is 239 g/mol. The Bertz CT molecular complexity index is 394. The number of benzene rings is 1. The van der Waals surface area contributed by atoms with Crippen LogP contribution in [-0.4, -0.2) is 47.5 Å². The lowest BCUT2D eigenvalue weighted by atomic mass is 10.2. The summed E-state index contributed by atoms with van der Waals surface area (Å²) in [4.78, 5) is 16.8. The molecule has 2 N–H and O–H groups in total. The Balaban J connectivity index is 2.03. The molecule has 0 bridgehead atoms. The number of nitrogens with zero attached hydrogens (tertiary/aromatic N) is 1. The summed E-state index contributed by atoms with van der Waals surface area (Å²) >= 11 is 0. The molecule has 1 heterocycles. The highest BCUT2D eigenvalue weighted by atomic mass is 16.7. The number of phenols is 2. The van der Waals surface area contributed by atoms with Crippen LogP contribution < -0.4 is 0 Å². The monoisotopic (exact) mass is 239 g/mol. The van der Waals surface area contributed by atoms with E-state index in [1.807, 2.05) is 0 Å².